The lowest BCUT2D eigenvalue weighted by molar-refractivity contribution is -0.143. The number of rotatable bonds is 8. The molecule has 0 aliphatic rings. The summed E-state index contributed by atoms with van der Waals surface area (Å²) >= 11 is 0. The first-order chi connectivity index (χ1) is 10.1. The molecule has 1 rings (SSSR count). The van der Waals surface area contributed by atoms with Crippen LogP contribution in [0.2, 0.25) is 0 Å². The van der Waals surface area contributed by atoms with Gasteiger partial charge in [-0.15, -0.1) is 0 Å². The van der Waals surface area contributed by atoms with E-state index in [9.17, 15) is 14.0 Å². The fourth-order valence-electron chi connectivity index (χ4n) is 2.01. The molecule has 1 N–H and O–H groups in total. The Labute approximate surface area is 124 Å². The number of hydrogen-bond acceptors (Lipinski definition) is 3. The average molecular weight is 295 g/mol. The molecular weight excluding hydrogens is 273 g/mol. The van der Waals surface area contributed by atoms with Crippen molar-refractivity contribution in [2.45, 2.75) is 45.1 Å². The number of carbonyl (C=O) groups is 2. The fraction of sp³-hybridized carbons (Fsp3) is 0.500. The summed E-state index contributed by atoms with van der Waals surface area (Å²) in [5, 5.41) is 2.64. The Morgan fingerprint density at radius 1 is 1.19 bits per heavy atom. The van der Waals surface area contributed by atoms with Gasteiger partial charge in [0.1, 0.15) is 11.9 Å². The van der Waals surface area contributed by atoms with E-state index >= 15 is 0 Å². The van der Waals surface area contributed by atoms with Crippen LogP contribution in [0.4, 0.5) is 4.39 Å². The lowest BCUT2D eigenvalue weighted by Gasteiger charge is -2.16. The third-order valence-corrected chi connectivity index (χ3v) is 3.24. The van der Waals surface area contributed by atoms with Crippen molar-refractivity contribution in [2.24, 2.45) is 0 Å². The molecule has 0 fully saturated rings. The van der Waals surface area contributed by atoms with Gasteiger partial charge < -0.3 is 10.1 Å². The number of esters is 1. The number of amides is 1. The van der Waals surface area contributed by atoms with Crippen LogP contribution >= 0.6 is 0 Å². The van der Waals surface area contributed by atoms with Crippen LogP contribution < -0.4 is 5.32 Å². The van der Waals surface area contributed by atoms with Gasteiger partial charge >= 0.3 is 5.97 Å². The van der Waals surface area contributed by atoms with E-state index in [2.05, 4.69) is 12.2 Å². The highest BCUT2D eigenvalue weighted by Crippen LogP contribution is 2.09. The Morgan fingerprint density at radius 2 is 1.86 bits per heavy atom. The zero-order valence-electron chi connectivity index (χ0n) is 12.5. The molecule has 5 heteroatoms. The van der Waals surface area contributed by atoms with E-state index < -0.39 is 23.7 Å². The van der Waals surface area contributed by atoms with Crippen molar-refractivity contribution in [3.63, 3.8) is 0 Å². The standard InChI is InChI=1S/C16H22FNO3/c1-3-4-5-6-7-14(16(20)21-2)18-15(19)12-8-10-13(17)11-9-12/h8-11,14H,3-7H2,1-2H3,(H,18,19)/t14-/m1/s1. The van der Waals surface area contributed by atoms with Crippen molar-refractivity contribution < 1.29 is 18.7 Å². The van der Waals surface area contributed by atoms with Crippen LogP contribution in [-0.4, -0.2) is 25.0 Å². The molecule has 0 aliphatic heterocycles. The highest BCUT2D eigenvalue weighted by molar-refractivity contribution is 5.96. The number of ether oxygens (including phenoxy) is 1. The molecule has 1 atom stereocenters. The first-order valence-corrected chi connectivity index (χ1v) is 7.22. The van der Waals surface area contributed by atoms with Gasteiger partial charge in [0.15, 0.2) is 0 Å². The molecule has 0 radical (unpaired) electrons. The van der Waals surface area contributed by atoms with Gasteiger partial charge in [0.25, 0.3) is 5.91 Å². The summed E-state index contributed by atoms with van der Waals surface area (Å²) < 4.78 is 17.5. The molecule has 0 aliphatic carbocycles. The van der Waals surface area contributed by atoms with Crippen molar-refractivity contribution in [3.05, 3.63) is 35.6 Å². The second kappa shape index (κ2) is 9.10. The van der Waals surface area contributed by atoms with E-state index in [0.29, 0.717) is 12.0 Å². The van der Waals surface area contributed by atoms with Gasteiger partial charge in [-0.3, -0.25) is 4.79 Å². The summed E-state index contributed by atoms with van der Waals surface area (Å²) in [4.78, 5) is 23.7. The van der Waals surface area contributed by atoms with Crippen molar-refractivity contribution in [3.8, 4) is 0 Å². The van der Waals surface area contributed by atoms with E-state index in [4.69, 9.17) is 4.74 Å². The SMILES string of the molecule is CCCCCC[C@@H](NC(=O)c1ccc(F)cc1)C(=O)OC. The molecule has 0 heterocycles. The molecule has 4 nitrogen and oxygen atoms in total. The van der Waals surface area contributed by atoms with Crippen molar-refractivity contribution in [1.82, 2.24) is 5.32 Å². The van der Waals surface area contributed by atoms with Crippen LogP contribution in [-0.2, 0) is 9.53 Å². The van der Waals surface area contributed by atoms with Gasteiger partial charge in [-0.2, -0.15) is 0 Å². The number of benzene rings is 1. The number of carbonyl (C=O) groups excluding carboxylic acids is 2. The minimum Gasteiger partial charge on any atom is -0.467 e. The molecule has 0 bridgehead atoms. The second-order valence-electron chi connectivity index (χ2n) is 4.91. The van der Waals surface area contributed by atoms with Crippen molar-refractivity contribution in [2.75, 3.05) is 7.11 Å². The maximum Gasteiger partial charge on any atom is 0.328 e. The van der Waals surface area contributed by atoms with Gasteiger partial charge in [0.05, 0.1) is 7.11 Å². The molecule has 21 heavy (non-hydrogen) atoms. The highest BCUT2D eigenvalue weighted by atomic mass is 19.1. The van der Waals surface area contributed by atoms with Gasteiger partial charge in [-0.05, 0) is 30.7 Å². The summed E-state index contributed by atoms with van der Waals surface area (Å²) in [5.74, 6) is -1.27. The number of nitrogens with one attached hydrogen (secondary N) is 1. The Hall–Kier alpha value is -1.91. The molecule has 0 spiro atoms. The van der Waals surface area contributed by atoms with Crippen LogP contribution in [0, 0.1) is 5.82 Å². The molecule has 0 saturated carbocycles. The summed E-state index contributed by atoms with van der Waals surface area (Å²) in [7, 11) is 1.30. The van der Waals surface area contributed by atoms with Gasteiger partial charge in [0, 0.05) is 5.56 Å². The molecule has 1 aromatic carbocycles. The quantitative estimate of drug-likeness (QED) is 0.592. The van der Waals surface area contributed by atoms with Crippen molar-refractivity contribution >= 4 is 11.9 Å². The second-order valence-corrected chi connectivity index (χ2v) is 4.91. The van der Waals surface area contributed by atoms with Gasteiger partial charge in [-0.1, -0.05) is 32.6 Å². The number of halogens is 1. The smallest absolute Gasteiger partial charge is 0.328 e. The van der Waals surface area contributed by atoms with E-state index in [1.165, 1.54) is 31.4 Å². The Morgan fingerprint density at radius 3 is 2.43 bits per heavy atom. The summed E-state index contributed by atoms with van der Waals surface area (Å²) in [6.07, 6.45) is 4.60. The first-order valence-electron chi connectivity index (χ1n) is 7.22. The number of unbranched alkanes of at least 4 members (excludes halogenated alkanes) is 3. The minimum atomic E-state index is -0.663. The summed E-state index contributed by atoms with van der Waals surface area (Å²) in [6.45, 7) is 2.11. The topological polar surface area (TPSA) is 55.4 Å². The van der Waals surface area contributed by atoms with E-state index in [1.54, 1.807) is 0 Å². The van der Waals surface area contributed by atoms with Crippen LogP contribution in [0.5, 0.6) is 0 Å². The lowest BCUT2D eigenvalue weighted by atomic mass is 10.1. The largest absolute Gasteiger partial charge is 0.467 e. The molecule has 1 aromatic rings. The van der Waals surface area contributed by atoms with Gasteiger partial charge in [0.2, 0.25) is 0 Å². The Kier molecular flexibility index (Phi) is 7.43. The molecule has 0 saturated heterocycles. The molecule has 0 aromatic heterocycles. The van der Waals surface area contributed by atoms with E-state index in [1.807, 2.05) is 0 Å². The molecular formula is C16H22FNO3. The zero-order valence-corrected chi connectivity index (χ0v) is 12.5. The molecule has 1 amide bonds. The van der Waals surface area contributed by atoms with E-state index in [0.717, 1.165) is 25.7 Å². The highest BCUT2D eigenvalue weighted by Gasteiger charge is 2.21. The first kappa shape index (κ1) is 17.1. The minimum absolute atomic E-state index is 0.318. The summed E-state index contributed by atoms with van der Waals surface area (Å²) in [6, 6.07) is 4.53. The third-order valence-electron chi connectivity index (χ3n) is 3.24. The third kappa shape index (κ3) is 5.94. The van der Waals surface area contributed by atoms with Crippen LogP contribution in [0.25, 0.3) is 0 Å². The number of hydrogen-bond donors (Lipinski definition) is 1. The van der Waals surface area contributed by atoms with Crippen LogP contribution in [0.3, 0.4) is 0 Å². The lowest BCUT2D eigenvalue weighted by Crippen LogP contribution is -2.41. The van der Waals surface area contributed by atoms with Crippen LogP contribution in [0.15, 0.2) is 24.3 Å². The Balaban J connectivity index is 2.60. The van der Waals surface area contributed by atoms with E-state index in [-0.39, 0.29) is 0 Å². The monoisotopic (exact) mass is 295 g/mol. The van der Waals surface area contributed by atoms with Crippen molar-refractivity contribution in [1.29, 1.82) is 0 Å². The fourth-order valence-corrected chi connectivity index (χ4v) is 2.01. The predicted octanol–water partition coefficient (Wildman–Crippen LogP) is 3.07. The normalized spacial score (nSPS) is 11.8. The molecule has 0 unspecified atom stereocenters. The maximum atomic E-state index is 12.8. The maximum absolute atomic E-state index is 12.8. The zero-order chi connectivity index (χ0) is 15.7. The van der Waals surface area contributed by atoms with Crippen LogP contribution in [0.1, 0.15) is 49.4 Å². The Bertz CT molecular complexity index is 459. The predicted molar refractivity (Wildman–Crippen MR) is 78.4 cm³/mol. The average Bonchev–Trinajstić information content (AvgIpc) is 2.50. The summed E-state index contributed by atoms with van der Waals surface area (Å²) in [5.41, 5.74) is 0.318. The molecule has 116 valence electrons. The number of methoxy groups -OCH3 is 1. The van der Waals surface area contributed by atoms with Gasteiger partial charge in [-0.25, -0.2) is 9.18 Å².